The molecule has 0 atom stereocenters. The highest BCUT2D eigenvalue weighted by Gasteiger charge is 2.31. The van der Waals surface area contributed by atoms with E-state index < -0.39 is 34.9 Å². The highest BCUT2D eigenvalue weighted by Crippen LogP contribution is 2.39. The fourth-order valence-corrected chi connectivity index (χ4v) is 3.98. The molecule has 5 aromatic rings. The summed E-state index contributed by atoms with van der Waals surface area (Å²) in [5, 5.41) is 0. The van der Waals surface area contributed by atoms with Gasteiger partial charge in [0, 0.05) is 28.3 Å². The highest BCUT2D eigenvalue weighted by atomic mass is 19.4. The van der Waals surface area contributed by atoms with Gasteiger partial charge in [-0.2, -0.15) is 13.2 Å². The maximum absolute atomic E-state index is 14.9. The molecule has 0 unspecified atom stereocenters. The molecule has 0 aliphatic heterocycles. The summed E-state index contributed by atoms with van der Waals surface area (Å²) in [5.41, 5.74) is 5.00. The number of fused-ring (bicyclic) bond motifs is 1. The van der Waals surface area contributed by atoms with E-state index >= 15 is 0 Å². The van der Waals surface area contributed by atoms with Crippen molar-refractivity contribution in [1.29, 1.82) is 0 Å². The highest BCUT2D eigenvalue weighted by molar-refractivity contribution is 5.82. The average Bonchev–Trinajstić information content (AvgIpc) is 3.31. The van der Waals surface area contributed by atoms with Crippen molar-refractivity contribution in [2.75, 3.05) is 12.8 Å². The summed E-state index contributed by atoms with van der Waals surface area (Å²) in [6.07, 6.45) is -4.53. The van der Waals surface area contributed by atoms with Crippen LogP contribution < -0.4 is 10.5 Å². The Morgan fingerprint density at radius 2 is 1.57 bits per heavy atom. The minimum absolute atomic E-state index is 0.0257. The molecule has 0 amide bonds. The lowest BCUT2D eigenvalue weighted by Gasteiger charge is -2.14. The second kappa shape index (κ2) is 8.88. The lowest BCUT2D eigenvalue weighted by atomic mass is 9.96. The second-order valence-corrected chi connectivity index (χ2v) is 8.14. The SMILES string of the molecule is COc1cc(F)c(-c2ccc(N)c(F)c2F)cc1-c1cccc(-c2nc3cc(C(F)(F)F)ccc3o2)c1. The predicted octanol–water partition coefficient (Wildman–Crippen LogP) is 7.86. The molecule has 4 nitrogen and oxygen atoms in total. The maximum Gasteiger partial charge on any atom is 0.416 e. The van der Waals surface area contributed by atoms with Crippen LogP contribution in [-0.2, 0) is 6.18 Å². The smallest absolute Gasteiger partial charge is 0.416 e. The van der Waals surface area contributed by atoms with E-state index in [9.17, 15) is 26.3 Å². The number of halogens is 6. The number of benzene rings is 4. The Labute approximate surface area is 205 Å². The normalized spacial score (nSPS) is 11.8. The monoisotopic (exact) mass is 514 g/mol. The van der Waals surface area contributed by atoms with Gasteiger partial charge in [-0.25, -0.2) is 18.2 Å². The van der Waals surface area contributed by atoms with Gasteiger partial charge in [0.05, 0.1) is 18.4 Å². The number of hydrogen-bond donors (Lipinski definition) is 1. The maximum atomic E-state index is 14.9. The van der Waals surface area contributed by atoms with E-state index in [4.69, 9.17) is 14.9 Å². The van der Waals surface area contributed by atoms with Crippen molar-refractivity contribution in [2.24, 2.45) is 0 Å². The lowest BCUT2D eigenvalue weighted by Crippen LogP contribution is -2.03. The van der Waals surface area contributed by atoms with Crippen molar-refractivity contribution >= 4 is 16.8 Å². The zero-order chi connectivity index (χ0) is 26.5. The first-order valence-corrected chi connectivity index (χ1v) is 10.8. The van der Waals surface area contributed by atoms with Gasteiger partial charge in [-0.15, -0.1) is 0 Å². The zero-order valence-corrected chi connectivity index (χ0v) is 19.0. The predicted molar refractivity (Wildman–Crippen MR) is 126 cm³/mol. The number of anilines is 1. The van der Waals surface area contributed by atoms with Gasteiger partial charge in [-0.3, -0.25) is 0 Å². The second-order valence-electron chi connectivity index (χ2n) is 8.14. The molecule has 0 spiro atoms. The Hall–Kier alpha value is -4.47. The first-order valence-electron chi connectivity index (χ1n) is 10.8. The standard InChI is InChI=1S/C27H16F6N2O2/c1-36-23-12-19(28)18(16-6-7-20(34)25(30)24(16)29)11-17(23)13-3-2-4-14(9-13)26-35-21-10-15(27(31,32)33)5-8-22(21)37-26/h2-12H,34H2,1H3. The third-order valence-electron chi connectivity index (χ3n) is 5.83. The Morgan fingerprint density at radius 1 is 0.811 bits per heavy atom. The molecule has 0 fully saturated rings. The molecule has 0 aliphatic rings. The number of ether oxygens (including phenoxy) is 1. The Morgan fingerprint density at radius 3 is 2.30 bits per heavy atom. The first kappa shape index (κ1) is 24.2. The summed E-state index contributed by atoms with van der Waals surface area (Å²) in [5.74, 6) is -3.26. The molecule has 188 valence electrons. The molecule has 5 rings (SSSR count). The van der Waals surface area contributed by atoms with Gasteiger partial charge < -0.3 is 14.9 Å². The number of rotatable bonds is 4. The molecular formula is C27H16F6N2O2. The number of hydrogen-bond acceptors (Lipinski definition) is 4. The molecule has 0 aliphatic carbocycles. The number of aromatic nitrogens is 1. The van der Waals surface area contributed by atoms with Gasteiger partial charge in [-0.1, -0.05) is 12.1 Å². The summed E-state index contributed by atoms with van der Waals surface area (Å²) in [7, 11) is 1.32. The van der Waals surface area contributed by atoms with E-state index in [1.165, 1.54) is 25.3 Å². The third kappa shape index (κ3) is 4.35. The van der Waals surface area contributed by atoms with E-state index in [-0.39, 0.29) is 33.9 Å². The molecule has 0 bridgehead atoms. The number of nitrogens with zero attached hydrogens (tertiary/aromatic N) is 1. The molecule has 2 N–H and O–H groups in total. The van der Waals surface area contributed by atoms with Gasteiger partial charge >= 0.3 is 6.18 Å². The third-order valence-corrected chi connectivity index (χ3v) is 5.83. The van der Waals surface area contributed by atoms with Gasteiger partial charge in [0.2, 0.25) is 5.89 Å². The molecule has 1 heterocycles. The van der Waals surface area contributed by atoms with Crippen LogP contribution in [0.4, 0.5) is 32.0 Å². The number of methoxy groups -OCH3 is 1. The van der Waals surface area contributed by atoms with E-state index in [1.54, 1.807) is 24.3 Å². The lowest BCUT2D eigenvalue weighted by molar-refractivity contribution is -0.137. The fourth-order valence-electron chi connectivity index (χ4n) is 3.98. The van der Waals surface area contributed by atoms with Gasteiger partial charge in [-0.05, 0) is 54.1 Å². The summed E-state index contributed by atoms with van der Waals surface area (Å²) in [6.45, 7) is 0. The number of oxazole rings is 1. The number of nitrogens with two attached hydrogens (primary N) is 1. The molecule has 0 saturated carbocycles. The van der Waals surface area contributed by atoms with Crippen molar-refractivity contribution in [1.82, 2.24) is 4.98 Å². The van der Waals surface area contributed by atoms with Crippen LogP contribution in [0.1, 0.15) is 5.56 Å². The fraction of sp³-hybridized carbons (Fsp3) is 0.0741. The zero-order valence-electron chi connectivity index (χ0n) is 19.0. The Bertz CT molecular complexity index is 1660. The molecule has 0 saturated heterocycles. The van der Waals surface area contributed by atoms with E-state index in [0.717, 1.165) is 24.3 Å². The largest absolute Gasteiger partial charge is 0.496 e. The van der Waals surface area contributed by atoms with Gasteiger partial charge in [0.1, 0.15) is 17.1 Å². The summed E-state index contributed by atoms with van der Waals surface area (Å²) >= 11 is 0. The van der Waals surface area contributed by atoms with Gasteiger partial charge in [0.15, 0.2) is 17.2 Å². The summed E-state index contributed by atoms with van der Waals surface area (Å²) in [6, 6.07) is 14.2. The van der Waals surface area contributed by atoms with Crippen LogP contribution in [0.2, 0.25) is 0 Å². The first-order chi connectivity index (χ1) is 17.6. The van der Waals surface area contributed by atoms with E-state index in [2.05, 4.69) is 4.98 Å². The topological polar surface area (TPSA) is 61.3 Å². The van der Waals surface area contributed by atoms with Crippen LogP contribution in [0, 0.1) is 17.5 Å². The van der Waals surface area contributed by atoms with Crippen LogP contribution in [0.3, 0.4) is 0 Å². The summed E-state index contributed by atoms with van der Waals surface area (Å²) < 4.78 is 93.7. The molecule has 10 heteroatoms. The van der Waals surface area contributed by atoms with Crippen molar-refractivity contribution in [2.45, 2.75) is 6.18 Å². The van der Waals surface area contributed by atoms with Crippen LogP contribution in [0.15, 0.2) is 71.1 Å². The number of nitrogen functional groups attached to an aromatic ring is 1. The molecular weight excluding hydrogens is 498 g/mol. The average molecular weight is 514 g/mol. The van der Waals surface area contributed by atoms with Crippen LogP contribution in [-0.4, -0.2) is 12.1 Å². The van der Waals surface area contributed by atoms with Crippen molar-refractivity contribution < 1.29 is 35.5 Å². The molecule has 4 aromatic carbocycles. The van der Waals surface area contributed by atoms with Crippen molar-refractivity contribution in [3.8, 4) is 39.5 Å². The Kier molecular flexibility index (Phi) is 5.82. The van der Waals surface area contributed by atoms with Crippen LogP contribution in [0.25, 0.3) is 44.8 Å². The summed E-state index contributed by atoms with van der Waals surface area (Å²) in [4.78, 5) is 4.18. The van der Waals surface area contributed by atoms with Crippen LogP contribution >= 0.6 is 0 Å². The Balaban J connectivity index is 1.62. The van der Waals surface area contributed by atoms with E-state index in [1.807, 2.05) is 0 Å². The number of alkyl halides is 3. The molecule has 37 heavy (non-hydrogen) atoms. The van der Waals surface area contributed by atoms with Crippen molar-refractivity contribution in [3.05, 3.63) is 89.7 Å². The molecule has 1 aromatic heterocycles. The molecule has 0 radical (unpaired) electrons. The minimum Gasteiger partial charge on any atom is -0.496 e. The van der Waals surface area contributed by atoms with E-state index in [0.29, 0.717) is 16.7 Å². The quantitative estimate of drug-likeness (QED) is 0.196. The van der Waals surface area contributed by atoms with Crippen molar-refractivity contribution in [3.63, 3.8) is 0 Å². The minimum atomic E-state index is -4.53. The van der Waals surface area contributed by atoms with Crippen LogP contribution in [0.5, 0.6) is 5.75 Å². The van der Waals surface area contributed by atoms with Gasteiger partial charge in [0.25, 0.3) is 0 Å².